The Morgan fingerprint density at radius 3 is 3.07 bits per heavy atom. The lowest BCUT2D eigenvalue weighted by molar-refractivity contribution is 0.00197. The molecule has 6 heteroatoms. The van der Waals surface area contributed by atoms with Crippen LogP contribution in [0.1, 0.15) is 12.7 Å². The molecule has 0 radical (unpaired) electrons. The van der Waals surface area contributed by atoms with Crippen LogP contribution in [0.15, 0.2) is 6.33 Å². The maximum atomic E-state index is 5.09. The molecule has 1 heterocycles. The van der Waals surface area contributed by atoms with E-state index >= 15 is 0 Å². The highest BCUT2D eigenvalue weighted by Gasteiger charge is 2.00. The fourth-order valence-electron chi connectivity index (χ4n) is 1.00. The van der Waals surface area contributed by atoms with Gasteiger partial charge in [0.05, 0.1) is 19.8 Å². The van der Waals surface area contributed by atoms with E-state index in [9.17, 15) is 0 Å². The van der Waals surface area contributed by atoms with Gasteiger partial charge in [-0.3, -0.25) is 4.84 Å². The summed E-state index contributed by atoms with van der Waals surface area (Å²) >= 11 is 0. The highest BCUT2D eigenvalue weighted by molar-refractivity contribution is 4.81. The number of aromatic nitrogens is 3. The molecule has 0 saturated heterocycles. The maximum absolute atomic E-state index is 5.09. The van der Waals surface area contributed by atoms with E-state index in [1.165, 1.54) is 6.33 Å². The van der Waals surface area contributed by atoms with Gasteiger partial charge in [-0.2, -0.15) is 10.6 Å². The molecule has 1 aromatic heterocycles. The van der Waals surface area contributed by atoms with Gasteiger partial charge < -0.3 is 4.74 Å². The van der Waals surface area contributed by atoms with Crippen LogP contribution in [0.3, 0.4) is 0 Å². The number of hydrogen-bond acceptors (Lipinski definition) is 5. The second-order valence-electron chi connectivity index (χ2n) is 2.65. The number of aryl methyl sites for hydroxylation is 1. The summed E-state index contributed by atoms with van der Waals surface area (Å²) in [7, 11) is 1.64. The summed E-state index contributed by atoms with van der Waals surface area (Å²) in [6.07, 6.45) is 1.54. The van der Waals surface area contributed by atoms with Gasteiger partial charge in [0.2, 0.25) is 0 Å². The van der Waals surface area contributed by atoms with Gasteiger partial charge >= 0.3 is 0 Å². The van der Waals surface area contributed by atoms with E-state index in [1.807, 2.05) is 11.6 Å². The summed E-state index contributed by atoms with van der Waals surface area (Å²) in [5.74, 6) is 0.866. The third-order valence-corrected chi connectivity index (χ3v) is 1.72. The molecule has 0 amide bonds. The second-order valence-corrected chi connectivity index (χ2v) is 2.65. The Balaban J connectivity index is 2.17. The predicted octanol–water partition coefficient (Wildman–Crippen LogP) is -0.0344. The van der Waals surface area contributed by atoms with Gasteiger partial charge in [0.1, 0.15) is 12.2 Å². The Hall–Kier alpha value is -0.980. The van der Waals surface area contributed by atoms with Crippen molar-refractivity contribution in [2.75, 3.05) is 20.3 Å². The Morgan fingerprint density at radius 1 is 1.50 bits per heavy atom. The number of hydrogen-bond donors (Lipinski definition) is 1. The number of nitrogens with one attached hydrogen (secondary N) is 1. The minimum atomic E-state index is 0.525. The van der Waals surface area contributed by atoms with Crippen molar-refractivity contribution in [1.82, 2.24) is 20.2 Å². The monoisotopic (exact) mass is 200 g/mol. The lowest BCUT2D eigenvalue weighted by Crippen LogP contribution is -2.20. The average Bonchev–Trinajstić information content (AvgIpc) is 2.65. The molecule has 0 saturated carbocycles. The van der Waals surface area contributed by atoms with Crippen molar-refractivity contribution in [1.29, 1.82) is 0 Å². The van der Waals surface area contributed by atoms with Gasteiger partial charge in [-0.25, -0.2) is 9.67 Å². The van der Waals surface area contributed by atoms with Gasteiger partial charge in [-0.05, 0) is 6.92 Å². The molecular formula is C8H16N4O2. The largest absolute Gasteiger partial charge is 0.382 e. The maximum Gasteiger partial charge on any atom is 0.143 e. The molecule has 0 atom stereocenters. The summed E-state index contributed by atoms with van der Waals surface area (Å²) in [6.45, 7) is 4.49. The fourth-order valence-corrected chi connectivity index (χ4v) is 1.00. The summed E-state index contributed by atoms with van der Waals surface area (Å²) in [4.78, 5) is 9.17. The fraction of sp³-hybridized carbons (Fsp3) is 0.750. The number of methoxy groups -OCH3 is 1. The van der Waals surface area contributed by atoms with E-state index in [0.29, 0.717) is 19.8 Å². The van der Waals surface area contributed by atoms with Crippen LogP contribution in [-0.4, -0.2) is 35.1 Å². The first-order chi connectivity index (χ1) is 6.88. The van der Waals surface area contributed by atoms with Crippen molar-refractivity contribution in [3.8, 4) is 0 Å². The van der Waals surface area contributed by atoms with Gasteiger partial charge in [0, 0.05) is 13.7 Å². The molecule has 0 aromatic carbocycles. The van der Waals surface area contributed by atoms with Crippen molar-refractivity contribution in [3.05, 3.63) is 12.2 Å². The zero-order valence-electron chi connectivity index (χ0n) is 8.56. The average molecular weight is 200 g/mol. The van der Waals surface area contributed by atoms with Crippen LogP contribution in [0.4, 0.5) is 0 Å². The van der Waals surface area contributed by atoms with Crippen molar-refractivity contribution in [2.45, 2.75) is 20.0 Å². The Labute approximate surface area is 83.2 Å². The Bertz CT molecular complexity index is 251. The van der Waals surface area contributed by atoms with E-state index in [0.717, 1.165) is 12.4 Å². The molecule has 0 fully saturated rings. The highest BCUT2D eigenvalue weighted by Crippen LogP contribution is 1.92. The highest BCUT2D eigenvalue weighted by atomic mass is 16.7. The van der Waals surface area contributed by atoms with Gasteiger partial charge in [-0.1, -0.05) is 0 Å². The van der Waals surface area contributed by atoms with Gasteiger partial charge in [0.25, 0.3) is 0 Å². The van der Waals surface area contributed by atoms with Crippen LogP contribution in [0.5, 0.6) is 0 Å². The van der Waals surface area contributed by atoms with Crippen LogP contribution >= 0.6 is 0 Å². The third kappa shape index (κ3) is 3.41. The smallest absolute Gasteiger partial charge is 0.143 e. The van der Waals surface area contributed by atoms with E-state index < -0.39 is 0 Å². The molecule has 6 nitrogen and oxygen atoms in total. The molecule has 0 aliphatic carbocycles. The van der Waals surface area contributed by atoms with Crippen molar-refractivity contribution in [3.63, 3.8) is 0 Å². The first-order valence-electron chi connectivity index (χ1n) is 4.58. The second kappa shape index (κ2) is 6.47. The summed E-state index contributed by atoms with van der Waals surface area (Å²) in [5.41, 5.74) is 2.79. The predicted molar refractivity (Wildman–Crippen MR) is 50.4 cm³/mol. The lowest BCUT2D eigenvalue weighted by atomic mass is 10.6. The van der Waals surface area contributed by atoms with Crippen LogP contribution in [0.25, 0.3) is 0 Å². The molecule has 0 bridgehead atoms. The molecule has 14 heavy (non-hydrogen) atoms. The minimum absolute atomic E-state index is 0.525. The molecule has 0 spiro atoms. The molecule has 1 N–H and O–H groups in total. The lowest BCUT2D eigenvalue weighted by Gasteiger charge is -2.05. The summed E-state index contributed by atoms with van der Waals surface area (Å²) in [5, 5.41) is 4.04. The first-order valence-corrected chi connectivity index (χ1v) is 4.58. The molecule has 0 unspecified atom stereocenters. The Morgan fingerprint density at radius 2 is 2.36 bits per heavy atom. The topological polar surface area (TPSA) is 61.2 Å². The van der Waals surface area contributed by atoms with Crippen LogP contribution < -0.4 is 5.48 Å². The third-order valence-electron chi connectivity index (χ3n) is 1.72. The van der Waals surface area contributed by atoms with E-state index in [2.05, 4.69) is 15.6 Å². The zero-order chi connectivity index (χ0) is 10.2. The minimum Gasteiger partial charge on any atom is -0.382 e. The van der Waals surface area contributed by atoms with Crippen molar-refractivity contribution >= 4 is 0 Å². The molecule has 1 aromatic rings. The number of hydroxylamine groups is 1. The van der Waals surface area contributed by atoms with Crippen molar-refractivity contribution < 1.29 is 9.57 Å². The summed E-state index contributed by atoms with van der Waals surface area (Å²) in [6, 6.07) is 0. The first kappa shape index (κ1) is 11.1. The molecule has 1 rings (SSSR count). The summed E-state index contributed by atoms with van der Waals surface area (Å²) < 4.78 is 6.64. The number of ether oxygens (including phenoxy) is 1. The van der Waals surface area contributed by atoms with Crippen LogP contribution in [-0.2, 0) is 22.7 Å². The molecule has 0 aliphatic heterocycles. The quantitative estimate of drug-likeness (QED) is 0.494. The van der Waals surface area contributed by atoms with E-state index in [1.54, 1.807) is 7.11 Å². The molecule has 80 valence electrons. The van der Waals surface area contributed by atoms with E-state index in [4.69, 9.17) is 9.57 Å². The standard InChI is InChI=1S/C8H16N4O2/c1-3-12-8(9-7-10-12)6-11-14-5-4-13-2/h7,11H,3-6H2,1-2H3. The van der Waals surface area contributed by atoms with Crippen LogP contribution in [0, 0.1) is 0 Å². The molecule has 0 aliphatic rings. The normalized spacial score (nSPS) is 10.7. The van der Waals surface area contributed by atoms with Crippen molar-refractivity contribution in [2.24, 2.45) is 0 Å². The van der Waals surface area contributed by atoms with Crippen LogP contribution in [0.2, 0.25) is 0 Å². The number of nitrogens with zero attached hydrogens (tertiary/aromatic N) is 3. The molecular weight excluding hydrogens is 184 g/mol. The Kier molecular flexibility index (Phi) is 5.13. The van der Waals surface area contributed by atoms with E-state index in [-0.39, 0.29) is 0 Å². The van der Waals surface area contributed by atoms with Gasteiger partial charge in [0.15, 0.2) is 0 Å². The SMILES string of the molecule is CCn1ncnc1CNOCCOC. The zero-order valence-corrected chi connectivity index (χ0v) is 8.56. The van der Waals surface area contributed by atoms with Gasteiger partial charge in [-0.15, -0.1) is 0 Å². The number of rotatable bonds is 7.